The monoisotopic (exact) mass is 395 g/mol. The molecule has 1 aliphatic heterocycles. The molecule has 0 aliphatic carbocycles. The van der Waals surface area contributed by atoms with Crippen LogP contribution in [0.25, 0.3) is 0 Å². The molecule has 0 unspecified atom stereocenters. The Kier molecular flexibility index (Phi) is 5.22. The highest BCUT2D eigenvalue weighted by atomic mass is 32.2. The van der Waals surface area contributed by atoms with E-state index in [2.05, 4.69) is 18.1 Å². The maximum atomic E-state index is 13.1. The topological polar surface area (TPSA) is 36.0 Å². The third-order valence-electron chi connectivity index (χ3n) is 4.49. The van der Waals surface area contributed by atoms with Crippen LogP contribution in [0.2, 0.25) is 0 Å². The van der Waals surface area contributed by atoms with Gasteiger partial charge in [-0.1, -0.05) is 17.7 Å². The molecular weight excluding hydrogens is 370 g/mol. The van der Waals surface area contributed by atoms with E-state index in [9.17, 15) is 4.79 Å². The maximum Gasteiger partial charge on any atom is 0.420 e. The van der Waals surface area contributed by atoms with Crippen molar-refractivity contribution in [3.63, 3.8) is 0 Å². The fourth-order valence-corrected chi connectivity index (χ4v) is 3.96. The summed E-state index contributed by atoms with van der Waals surface area (Å²) in [4.78, 5) is 20.8. The Labute approximate surface area is 171 Å². The average Bonchev–Trinajstić information content (AvgIpc) is 2.64. The van der Waals surface area contributed by atoms with Crippen molar-refractivity contribution in [2.24, 2.45) is 0 Å². The standard InChI is InChI=1S/C22H25N3O2S/c1-8-22(2,3)27-21(26)25-17-11-9-15(23(4)5)13-19(17)28-20-14-16(24(6)7)10-12-18(20)25/h1,9-14H,2-7H3. The van der Waals surface area contributed by atoms with E-state index in [1.165, 1.54) is 0 Å². The SMILES string of the molecule is C#CC(C)(C)OC(=O)N1c2ccc(N(C)C)cc2Sc2cc(N(C)C)ccc21. The minimum absolute atomic E-state index is 0.485. The number of hydrogen-bond donors (Lipinski definition) is 0. The Balaban J connectivity index is 2.13. The number of rotatable bonds is 3. The fourth-order valence-electron chi connectivity index (χ4n) is 2.83. The van der Waals surface area contributed by atoms with Crippen LogP contribution in [0.1, 0.15) is 13.8 Å². The summed E-state index contributed by atoms with van der Waals surface area (Å²) in [5, 5.41) is 0. The number of anilines is 4. The molecule has 0 aromatic heterocycles. The lowest BCUT2D eigenvalue weighted by molar-refractivity contribution is 0.0863. The lowest BCUT2D eigenvalue weighted by Crippen LogP contribution is -2.36. The number of benzene rings is 2. The number of hydrogen-bond acceptors (Lipinski definition) is 5. The van der Waals surface area contributed by atoms with Gasteiger partial charge in [0, 0.05) is 49.4 Å². The van der Waals surface area contributed by atoms with Gasteiger partial charge in [0.15, 0.2) is 5.60 Å². The molecule has 3 rings (SSSR count). The molecule has 0 atom stereocenters. The minimum atomic E-state index is -0.991. The minimum Gasteiger partial charge on any atom is -0.430 e. The summed E-state index contributed by atoms with van der Waals surface area (Å²) in [6, 6.07) is 12.0. The molecule has 2 aromatic carbocycles. The van der Waals surface area contributed by atoms with E-state index in [0.717, 1.165) is 32.5 Å². The zero-order valence-electron chi connectivity index (χ0n) is 17.1. The Morgan fingerprint density at radius 3 is 1.86 bits per heavy atom. The van der Waals surface area contributed by atoms with Crippen LogP contribution in [0.15, 0.2) is 46.2 Å². The van der Waals surface area contributed by atoms with Crippen molar-refractivity contribution >= 4 is 40.6 Å². The van der Waals surface area contributed by atoms with Gasteiger partial charge in [-0.25, -0.2) is 9.69 Å². The first-order valence-corrected chi connectivity index (χ1v) is 9.76. The van der Waals surface area contributed by atoms with Crippen LogP contribution < -0.4 is 14.7 Å². The summed E-state index contributed by atoms with van der Waals surface area (Å²) in [5.41, 5.74) is 2.72. The molecule has 28 heavy (non-hydrogen) atoms. The first-order chi connectivity index (χ1) is 13.1. The molecule has 0 saturated heterocycles. The number of amides is 1. The van der Waals surface area contributed by atoms with Crippen LogP contribution >= 0.6 is 11.8 Å². The van der Waals surface area contributed by atoms with Gasteiger partial charge in [-0.05, 0) is 50.2 Å². The maximum absolute atomic E-state index is 13.1. The van der Waals surface area contributed by atoms with Crippen molar-refractivity contribution in [1.82, 2.24) is 0 Å². The predicted molar refractivity (Wildman–Crippen MR) is 117 cm³/mol. The first-order valence-electron chi connectivity index (χ1n) is 8.94. The van der Waals surface area contributed by atoms with Crippen LogP contribution in [0.5, 0.6) is 0 Å². The third-order valence-corrected chi connectivity index (χ3v) is 5.59. The summed E-state index contributed by atoms with van der Waals surface area (Å²) in [7, 11) is 7.98. The molecule has 0 fully saturated rings. The number of carbonyl (C=O) groups excluding carboxylic acids is 1. The second-order valence-corrected chi connectivity index (χ2v) is 8.64. The smallest absolute Gasteiger partial charge is 0.420 e. The largest absolute Gasteiger partial charge is 0.430 e. The lowest BCUT2D eigenvalue weighted by atomic mass is 10.1. The van der Waals surface area contributed by atoms with Gasteiger partial charge in [-0.15, -0.1) is 6.42 Å². The van der Waals surface area contributed by atoms with Crippen molar-refractivity contribution < 1.29 is 9.53 Å². The van der Waals surface area contributed by atoms with E-state index in [-0.39, 0.29) is 0 Å². The molecule has 0 N–H and O–H groups in total. The summed E-state index contributed by atoms with van der Waals surface area (Å²) in [5.74, 6) is 2.52. The van der Waals surface area contributed by atoms with Gasteiger partial charge in [-0.2, -0.15) is 0 Å². The second kappa shape index (κ2) is 7.33. The van der Waals surface area contributed by atoms with Crippen molar-refractivity contribution in [1.29, 1.82) is 0 Å². The second-order valence-electron chi connectivity index (χ2n) is 7.55. The zero-order valence-corrected chi connectivity index (χ0v) is 17.9. The van der Waals surface area contributed by atoms with Crippen LogP contribution in [0, 0.1) is 12.3 Å². The van der Waals surface area contributed by atoms with Crippen LogP contribution in [0.3, 0.4) is 0 Å². The molecule has 0 radical (unpaired) electrons. The van der Waals surface area contributed by atoms with Gasteiger partial charge in [0.1, 0.15) is 0 Å². The quantitative estimate of drug-likeness (QED) is 0.686. The molecule has 6 heteroatoms. The highest BCUT2D eigenvalue weighted by Crippen LogP contribution is 2.50. The highest BCUT2D eigenvalue weighted by Gasteiger charge is 2.33. The molecule has 0 spiro atoms. The van der Waals surface area contributed by atoms with Crippen molar-refractivity contribution in [2.45, 2.75) is 29.2 Å². The zero-order chi connectivity index (χ0) is 20.6. The number of carbonyl (C=O) groups is 1. The lowest BCUT2D eigenvalue weighted by Gasteiger charge is -2.33. The van der Waals surface area contributed by atoms with Crippen LogP contribution in [-0.4, -0.2) is 39.9 Å². The average molecular weight is 396 g/mol. The summed E-state index contributed by atoms with van der Waals surface area (Å²) in [6.45, 7) is 3.41. The third kappa shape index (κ3) is 3.76. The van der Waals surface area contributed by atoms with Gasteiger partial charge in [0.2, 0.25) is 0 Å². The molecule has 5 nitrogen and oxygen atoms in total. The molecule has 1 aliphatic rings. The van der Waals surface area contributed by atoms with Crippen LogP contribution in [0.4, 0.5) is 27.5 Å². The number of nitrogens with zero attached hydrogens (tertiary/aromatic N) is 3. The van der Waals surface area contributed by atoms with Gasteiger partial charge in [-0.3, -0.25) is 0 Å². The van der Waals surface area contributed by atoms with Crippen molar-refractivity contribution in [3.05, 3.63) is 36.4 Å². The van der Waals surface area contributed by atoms with Crippen molar-refractivity contribution in [2.75, 3.05) is 42.9 Å². The molecular formula is C22H25N3O2S. The van der Waals surface area contributed by atoms with E-state index < -0.39 is 11.7 Å². The number of terminal acetylenes is 1. The Morgan fingerprint density at radius 1 is 1.00 bits per heavy atom. The Hall–Kier alpha value is -2.78. The molecule has 2 aromatic rings. The van der Waals surface area contributed by atoms with E-state index in [1.54, 1.807) is 30.5 Å². The molecule has 0 bridgehead atoms. The number of fused-ring (bicyclic) bond motifs is 2. The van der Waals surface area contributed by atoms with Gasteiger partial charge in [0.25, 0.3) is 0 Å². The fraction of sp³-hybridized carbons (Fsp3) is 0.318. The van der Waals surface area contributed by atoms with Gasteiger partial charge >= 0.3 is 6.09 Å². The molecule has 1 amide bonds. The predicted octanol–water partition coefficient (Wildman–Crippen LogP) is 4.97. The molecule has 0 saturated carbocycles. The van der Waals surface area contributed by atoms with E-state index in [1.807, 2.05) is 62.3 Å². The molecule has 1 heterocycles. The Morgan fingerprint density at radius 2 is 1.46 bits per heavy atom. The van der Waals surface area contributed by atoms with E-state index >= 15 is 0 Å². The van der Waals surface area contributed by atoms with Gasteiger partial charge in [0.05, 0.1) is 11.4 Å². The first kappa shape index (κ1) is 20.0. The Bertz CT molecular complexity index is 903. The van der Waals surface area contributed by atoms with E-state index in [4.69, 9.17) is 11.2 Å². The number of ether oxygens (including phenoxy) is 1. The van der Waals surface area contributed by atoms with Gasteiger partial charge < -0.3 is 14.5 Å². The normalized spacial score (nSPS) is 12.5. The highest BCUT2D eigenvalue weighted by molar-refractivity contribution is 7.99. The summed E-state index contributed by atoms with van der Waals surface area (Å²) >= 11 is 1.65. The van der Waals surface area contributed by atoms with E-state index in [0.29, 0.717) is 0 Å². The molecule has 146 valence electrons. The summed E-state index contributed by atoms with van der Waals surface area (Å²) < 4.78 is 5.62. The van der Waals surface area contributed by atoms with Crippen molar-refractivity contribution in [3.8, 4) is 12.3 Å². The summed E-state index contributed by atoms with van der Waals surface area (Å²) in [6.07, 6.45) is 5.03. The van der Waals surface area contributed by atoms with Crippen LogP contribution in [-0.2, 0) is 4.74 Å².